The van der Waals surface area contributed by atoms with E-state index in [9.17, 15) is 4.79 Å². The third kappa shape index (κ3) is 9.46. The van der Waals surface area contributed by atoms with Crippen LogP contribution in [0.1, 0.15) is 84.5 Å². The Balaban J connectivity index is 1.36. The van der Waals surface area contributed by atoms with Gasteiger partial charge in [-0.3, -0.25) is 10.1 Å². The Morgan fingerprint density at radius 3 is 2.58 bits per heavy atom. The van der Waals surface area contributed by atoms with E-state index in [-0.39, 0.29) is 12.1 Å². The molecule has 2 aliphatic carbocycles. The Kier molecular flexibility index (Phi) is 13.3. The van der Waals surface area contributed by atoms with Crippen molar-refractivity contribution in [2.24, 2.45) is 23.7 Å². The number of hydrogen-bond acceptors (Lipinski definition) is 4. The van der Waals surface area contributed by atoms with E-state index in [1.54, 1.807) is 0 Å². The molecule has 1 heterocycles. The van der Waals surface area contributed by atoms with Crippen molar-refractivity contribution >= 4 is 5.91 Å². The number of nitrogens with one attached hydrogen (secondary N) is 2. The van der Waals surface area contributed by atoms with Gasteiger partial charge in [0, 0.05) is 26.0 Å². The van der Waals surface area contributed by atoms with Crippen LogP contribution in [0.25, 0.3) is 0 Å². The van der Waals surface area contributed by atoms with Crippen molar-refractivity contribution in [1.82, 2.24) is 15.5 Å². The molecule has 3 aliphatic rings. The SMILES string of the molecule is CCC(=O)NC/C=C\C=C(/C)C1CCN(CCCNC(OC)C(C2CCCC2)[C@H]2C=CCCC2)CC1. The summed E-state index contributed by atoms with van der Waals surface area (Å²) in [5.74, 6) is 2.91. The summed E-state index contributed by atoms with van der Waals surface area (Å²) in [7, 11) is 1.91. The molecule has 1 aliphatic heterocycles. The van der Waals surface area contributed by atoms with Crippen LogP contribution in [0.3, 0.4) is 0 Å². The van der Waals surface area contributed by atoms with Gasteiger partial charge in [0.05, 0.1) is 0 Å². The zero-order chi connectivity index (χ0) is 25.6. The minimum atomic E-state index is 0.107. The number of carbonyl (C=O) groups is 1. The van der Waals surface area contributed by atoms with Crippen LogP contribution in [0, 0.1) is 23.7 Å². The highest BCUT2D eigenvalue weighted by Gasteiger charge is 2.36. The van der Waals surface area contributed by atoms with Gasteiger partial charge in [-0.05, 0) is 89.4 Å². The van der Waals surface area contributed by atoms with Gasteiger partial charge in [-0.25, -0.2) is 0 Å². The molecule has 1 amide bonds. The average molecular weight is 500 g/mol. The number of likely N-dealkylation sites (tertiary alicyclic amines) is 1. The molecule has 0 radical (unpaired) electrons. The second kappa shape index (κ2) is 16.4. The van der Waals surface area contributed by atoms with Gasteiger partial charge in [0.1, 0.15) is 6.23 Å². The standard InChI is InChI=1S/C31H53N3O2/c1-4-29(35)32-20-11-10-13-25(2)26-18-23-34(24-19-26)22-12-21-33-31(36-3)30(28-16-8-9-17-28)27-14-6-5-7-15-27/h6,10-11,13-14,26-28,30-31,33H,4-5,7-9,12,15-24H2,1-3H3,(H,32,35)/b11-10-,25-13+/t27-,30?,31?/m0/s1. The Bertz CT molecular complexity index is 717. The largest absolute Gasteiger partial charge is 0.366 e. The lowest BCUT2D eigenvalue weighted by Gasteiger charge is -2.37. The molecule has 2 fully saturated rings. The molecule has 5 nitrogen and oxygen atoms in total. The number of ether oxygens (including phenoxy) is 1. The van der Waals surface area contributed by atoms with Gasteiger partial charge < -0.3 is 15.0 Å². The molecule has 5 heteroatoms. The van der Waals surface area contributed by atoms with Crippen LogP contribution in [0.2, 0.25) is 0 Å². The fourth-order valence-corrected chi connectivity index (χ4v) is 6.58. The number of carbonyl (C=O) groups excluding carboxylic acids is 1. The zero-order valence-electron chi connectivity index (χ0n) is 23.4. The van der Waals surface area contributed by atoms with E-state index in [0.717, 1.165) is 12.5 Å². The highest BCUT2D eigenvalue weighted by Crippen LogP contribution is 2.40. The lowest BCUT2D eigenvalue weighted by Crippen LogP contribution is -2.45. The quantitative estimate of drug-likeness (QED) is 0.136. The van der Waals surface area contributed by atoms with E-state index in [2.05, 4.69) is 46.8 Å². The summed E-state index contributed by atoms with van der Waals surface area (Å²) in [4.78, 5) is 13.9. The third-order valence-corrected chi connectivity index (χ3v) is 8.80. The molecule has 2 N–H and O–H groups in total. The molecule has 0 bridgehead atoms. The molecule has 0 aromatic rings. The van der Waals surface area contributed by atoms with E-state index >= 15 is 0 Å². The molecule has 1 saturated carbocycles. The van der Waals surface area contributed by atoms with Crippen LogP contribution in [-0.2, 0) is 9.53 Å². The van der Waals surface area contributed by atoms with Gasteiger partial charge >= 0.3 is 0 Å². The first kappa shape index (κ1) is 29.1. The fourth-order valence-electron chi connectivity index (χ4n) is 6.58. The van der Waals surface area contributed by atoms with E-state index in [1.165, 1.54) is 89.4 Å². The molecular weight excluding hydrogens is 446 g/mol. The molecule has 2 unspecified atom stereocenters. The molecule has 3 rings (SSSR count). The van der Waals surface area contributed by atoms with Crippen LogP contribution in [0.4, 0.5) is 0 Å². The summed E-state index contributed by atoms with van der Waals surface area (Å²) in [6, 6.07) is 0. The second-order valence-electron chi connectivity index (χ2n) is 11.2. The first-order valence-corrected chi connectivity index (χ1v) is 14.9. The smallest absolute Gasteiger partial charge is 0.219 e. The van der Waals surface area contributed by atoms with Gasteiger partial charge in [-0.1, -0.05) is 68.6 Å². The summed E-state index contributed by atoms with van der Waals surface area (Å²) in [5.41, 5.74) is 1.46. The lowest BCUT2D eigenvalue weighted by molar-refractivity contribution is -0.120. The Morgan fingerprint density at radius 2 is 1.92 bits per heavy atom. The van der Waals surface area contributed by atoms with Gasteiger partial charge in [-0.2, -0.15) is 0 Å². The first-order valence-electron chi connectivity index (χ1n) is 14.9. The van der Waals surface area contributed by atoms with Crippen LogP contribution < -0.4 is 10.6 Å². The number of nitrogens with zero attached hydrogens (tertiary/aromatic N) is 1. The maximum atomic E-state index is 11.3. The molecule has 0 aromatic heterocycles. The maximum absolute atomic E-state index is 11.3. The number of hydrogen-bond donors (Lipinski definition) is 2. The molecule has 1 saturated heterocycles. The number of piperidine rings is 1. The van der Waals surface area contributed by atoms with Crippen LogP contribution in [0.15, 0.2) is 36.0 Å². The van der Waals surface area contributed by atoms with Gasteiger partial charge in [0.2, 0.25) is 5.91 Å². The minimum absolute atomic E-state index is 0.107. The van der Waals surface area contributed by atoms with Crippen LogP contribution in [0.5, 0.6) is 0 Å². The Morgan fingerprint density at radius 1 is 1.14 bits per heavy atom. The monoisotopic (exact) mass is 499 g/mol. The van der Waals surface area contributed by atoms with Crippen molar-refractivity contribution in [2.45, 2.75) is 90.7 Å². The normalized spacial score (nSPS) is 24.4. The molecule has 204 valence electrons. The zero-order valence-corrected chi connectivity index (χ0v) is 23.4. The summed E-state index contributed by atoms with van der Waals surface area (Å²) < 4.78 is 6.08. The first-order chi connectivity index (χ1) is 17.6. The molecular formula is C31H53N3O2. The Hall–Kier alpha value is -1.43. The molecule has 0 spiro atoms. The lowest BCUT2D eigenvalue weighted by atomic mass is 9.75. The second-order valence-corrected chi connectivity index (χ2v) is 11.2. The molecule has 36 heavy (non-hydrogen) atoms. The van der Waals surface area contributed by atoms with Crippen LogP contribution in [-0.4, -0.2) is 56.9 Å². The maximum Gasteiger partial charge on any atom is 0.219 e. The molecule has 3 atom stereocenters. The summed E-state index contributed by atoms with van der Waals surface area (Å²) in [6.07, 6.45) is 25.1. The van der Waals surface area contributed by atoms with Crippen molar-refractivity contribution in [2.75, 3.05) is 39.8 Å². The van der Waals surface area contributed by atoms with E-state index in [4.69, 9.17) is 4.74 Å². The van der Waals surface area contributed by atoms with Crippen LogP contribution >= 0.6 is 0 Å². The number of allylic oxidation sites excluding steroid dienone is 5. The van der Waals surface area contributed by atoms with E-state index < -0.39 is 0 Å². The molecule has 0 aromatic carbocycles. The number of methoxy groups -OCH3 is 1. The van der Waals surface area contributed by atoms with E-state index in [1.807, 2.05) is 20.1 Å². The Labute approximate surface area is 221 Å². The predicted molar refractivity (Wildman–Crippen MR) is 151 cm³/mol. The minimum Gasteiger partial charge on any atom is -0.366 e. The predicted octanol–water partition coefficient (Wildman–Crippen LogP) is 5.84. The van der Waals surface area contributed by atoms with E-state index in [0.29, 0.717) is 30.7 Å². The summed E-state index contributed by atoms with van der Waals surface area (Å²) >= 11 is 0. The van der Waals surface area contributed by atoms with Crippen molar-refractivity contribution in [3.8, 4) is 0 Å². The topological polar surface area (TPSA) is 53.6 Å². The van der Waals surface area contributed by atoms with Gasteiger partial charge in [0.25, 0.3) is 0 Å². The van der Waals surface area contributed by atoms with Crippen molar-refractivity contribution in [3.63, 3.8) is 0 Å². The van der Waals surface area contributed by atoms with Crippen molar-refractivity contribution < 1.29 is 9.53 Å². The average Bonchev–Trinajstić information content (AvgIpc) is 3.45. The number of amides is 1. The van der Waals surface area contributed by atoms with Crippen molar-refractivity contribution in [3.05, 3.63) is 36.0 Å². The summed E-state index contributed by atoms with van der Waals surface area (Å²) in [6.45, 7) is 9.35. The highest BCUT2D eigenvalue weighted by atomic mass is 16.5. The fraction of sp³-hybridized carbons (Fsp3) is 0.774. The number of rotatable bonds is 14. The van der Waals surface area contributed by atoms with Crippen molar-refractivity contribution in [1.29, 1.82) is 0 Å². The van der Waals surface area contributed by atoms with Gasteiger partial charge in [0.15, 0.2) is 0 Å². The third-order valence-electron chi connectivity index (χ3n) is 8.80. The summed E-state index contributed by atoms with van der Waals surface area (Å²) in [5, 5.41) is 6.71. The highest BCUT2D eigenvalue weighted by molar-refractivity contribution is 5.75. The van der Waals surface area contributed by atoms with Gasteiger partial charge in [-0.15, -0.1) is 0 Å².